The zero-order valence-electron chi connectivity index (χ0n) is 12.6. The zero-order valence-corrected chi connectivity index (χ0v) is 12.4. The third-order valence-electron chi connectivity index (χ3n) is 2.68. The van der Waals surface area contributed by atoms with Crippen LogP contribution in [0.2, 0.25) is 0 Å². The Bertz CT molecular complexity index is 256. The van der Waals surface area contributed by atoms with E-state index in [4.69, 9.17) is 4.55 Å². The first-order chi connectivity index (χ1) is 7.42. The minimum absolute atomic E-state index is 0. The van der Waals surface area contributed by atoms with Crippen molar-refractivity contribution in [3.8, 4) is 0 Å². The maximum Gasteiger partial charge on any atom is 1.00 e. The Morgan fingerprint density at radius 3 is 1.76 bits per heavy atom. The SMILES string of the molecule is CC(C)CCCCCCCCCS(=O)(=O)O.[H-].[Li+]. The van der Waals surface area contributed by atoms with Crippen LogP contribution in [0.4, 0.5) is 0 Å². The van der Waals surface area contributed by atoms with E-state index in [1.165, 1.54) is 32.1 Å². The smallest absolute Gasteiger partial charge is 1.00 e. The maximum atomic E-state index is 10.4. The molecule has 0 fully saturated rings. The maximum absolute atomic E-state index is 10.4. The Labute approximate surface area is 120 Å². The van der Waals surface area contributed by atoms with E-state index in [-0.39, 0.29) is 26.0 Å². The summed E-state index contributed by atoms with van der Waals surface area (Å²) in [5, 5.41) is 0. The van der Waals surface area contributed by atoms with Crippen molar-refractivity contribution < 1.29 is 33.3 Å². The Morgan fingerprint density at radius 1 is 0.941 bits per heavy atom. The second-order valence-electron chi connectivity index (χ2n) is 4.94. The molecule has 3 nitrogen and oxygen atoms in total. The van der Waals surface area contributed by atoms with Gasteiger partial charge in [-0.15, -0.1) is 0 Å². The normalized spacial score (nSPS) is 11.5. The summed E-state index contributed by atoms with van der Waals surface area (Å²) in [7, 11) is -3.74. The molecule has 0 unspecified atom stereocenters. The van der Waals surface area contributed by atoms with Gasteiger partial charge in [0.25, 0.3) is 10.1 Å². The zero-order chi connectivity index (χ0) is 12.4. The van der Waals surface area contributed by atoms with E-state index in [9.17, 15) is 8.42 Å². The molecule has 0 heterocycles. The standard InChI is InChI=1S/C12H26O3S.Li.H/c1-12(2)10-8-6-4-3-5-7-9-11-16(13,14)15;;/h12H,3-11H2,1-2H3,(H,13,14,15);;/q;+1;-1. The Morgan fingerprint density at radius 2 is 1.35 bits per heavy atom. The van der Waals surface area contributed by atoms with E-state index in [2.05, 4.69) is 13.8 Å². The third-order valence-corrected chi connectivity index (χ3v) is 3.49. The molecule has 5 heteroatoms. The van der Waals surface area contributed by atoms with Gasteiger partial charge in [-0.25, -0.2) is 0 Å². The largest absolute Gasteiger partial charge is 1.00 e. The van der Waals surface area contributed by atoms with Gasteiger partial charge in [-0.1, -0.05) is 58.8 Å². The Hall–Kier alpha value is 0.507. The van der Waals surface area contributed by atoms with E-state index in [1.54, 1.807) is 0 Å². The van der Waals surface area contributed by atoms with Gasteiger partial charge in [-0.05, 0) is 12.3 Å². The van der Waals surface area contributed by atoms with Gasteiger partial charge < -0.3 is 1.43 Å². The second-order valence-corrected chi connectivity index (χ2v) is 6.52. The predicted molar refractivity (Wildman–Crippen MR) is 69.3 cm³/mol. The van der Waals surface area contributed by atoms with E-state index in [0.717, 1.165) is 18.8 Å². The average molecular weight is 258 g/mol. The Kier molecular flexibility index (Phi) is 13.5. The van der Waals surface area contributed by atoms with Crippen molar-refractivity contribution >= 4 is 10.1 Å². The monoisotopic (exact) mass is 258 g/mol. The second kappa shape index (κ2) is 11.6. The first kappa shape index (κ1) is 19.8. The van der Waals surface area contributed by atoms with Crippen molar-refractivity contribution in [3.05, 3.63) is 0 Å². The predicted octanol–water partition coefficient (Wildman–Crippen LogP) is 0.768. The van der Waals surface area contributed by atoms with Crippen molar-refractivity contribution in [1.82, 2.24) is 0 Å². The van der Waals surface area contributed by atoms with Crippen molar-refractivity contribution in [2.24, 2.45) is 5.92 Å². The van der Waals surface area contributed by atoms with Crippen LogP contribution in [0.25, 0.3) is 0 Å². The fourth-order valence-electron chi connectivity index (χ4n) is 1.72. The summed E-state index contributed by atoms with van der Waals surface area (Å²) in [5.41, 5.74) is 0. The molecule has 0 aromatic heterocycles. The van der Waals surface area contributed by atoms with Gasteiger partial charge in [0.2, 0.25) is 0 Å². The molecule has 0 saturated heterocycles. The van der Waals surface area contributed by atoms with Crippen LogP contribution >= 0.6 is 0 Å². The molecule has 0 aliphatic heterocycles. The van der Waals surface area contributed by atoms with Crippen LogP contribution in [-0.4, -0.2) is 18.7 Å². The fourth-order valence-corrected chi connectivity index (χ4v) is 2.29. The summed E-state index contributed by atoms with van der Waals surface area (Å²) in [6.07, 6.45) is 8.91. The fraction of sp³-hybridized carbons (Fsp3) is 1.00. The molecule has 1 N–H and O–H groups in total. The molecule has 0 saturated carbocycles. The van der Waals surface area contributed by atoms with Gasteiger partial charge in [0.1, 0.15) is 0 Å². The van der Waals surface area contributed by atoms with Crippen LogP contribution in [0.1, 0.15) is 66.6 Å². The molecular weight excluding hydrogens is 231 g/mol. The summed E-state index contributed by atoms with van der Waals surface area (Å²) in [5.74, 6) is 0.718. The average Bonchev–Trinajstić information content (AvgIpc) is 2.13. The minimum Gasteiger partial charge on any atom is -1.00 e. The summed E-state index contributed by atoms with van der Waals surface area (Å²) in [6.45, 7) is 4.49. The first-order valence-electron chi connectivity index (χ1n) is 6.37. The molecule has 0 aliphatic carbocycles. The van der Waals surface area contributed by atoms with Crippen molar-refractivity contribution in [1.29, 1.82) is 0 Å². The van der Waals surface area contributed by atoms with E-state index in [1.807, 2.05) is 0 Å². The van der Waals surface area contributed by atoms with Crippen LogP contribution in [-0.2, 0) is 10.1 Å². The van der Waals surface area contributed by atoms with Crippen LogP contribution in [0.15, 0.2) is 0 Å². The number of hydrogen-bond donors (Lipinski definition) is 1. The molecular formula is C12H27LiO3S. The van der Waals surface area contributed by atoms with E-state index in [0.29, 0.717) is 6.42 Å². The van der Waals surface area contributed by atoms with Crippen LogP contribution < -0.4 is 18.9 Å². The van der Waals surface area contributed by atoms with Gasteiger partial charge in [0, 0.05) is 0 Å². The van der Waals surface area contributed by atoms with Gasteiger partial charge in [-0.3, -0.25) is 4.55 Å². The Balaban J connectivity index is -0.00000112. The molecule has 0 aromatic carbocycles. The van der Waals surface area contributed by atoms with E-state index >= 15 is 0 Å². The number of rotatable bonds is 10. The number of unbranched alkanes of at least 4 members (excludes halogenated alkanes) is 6. The van der Waals surface area contributed by atoms with Crippen LogP contribution in [0.5, 0.6) is 0 Å². The first-order valence-corrected chi connectivity index (χ1v) is 7.98. The third kappa shape index (κ3) is 19.0. The van der Waals surface area contributed by atoms with Gasteiger partial charge >= 0.3 is 18.9 Å². The molecule has 0 radical (unpaired) electrons. The van der Waals surface area contributed by atoms with Gasteiger partial charge in [0.05, 0.1) is 5.75 Å². The molecule has 17 heavy (non-hydrogen) atoms. The van der Waals surface area contributed by atoms with Crippen molar-refractivity contribution in [2.45, 2.75) is 65.2 Å². The van der Waals surface area contributed by atoms with Gasteiger partial charge in [0.15, 0.2) is 0 Å². The van der Waals surface area contributed by atoms with Crippen molar-refractivity contribution in [2.75, 3.05) is 5.75 Å². The molecule has 0 aromatic rings. The molecule has 0 atom stereocenters. The minimum atomic E-state index is -3.74. The molecule has 0 bridgehead atoms. The van der Waals surface area contributed by atoms with Crippen LogP contribution in [0.3, 0.4) is 0 Å². The van der Waals surface area contributed by atoms with Crippen LogP contribution in [0, 0.1) is 5.92 Å². The molecule has 0 amide bonds. The molecule has 100 valence electrons. The summed E-state index contributed by atoms with van der Waals surface area (Å²) < 4.78 is 29.4. The number of hydrogen-bond acceptors (Lipinski definition) is 2. The quantitative estimate of drug-likeness (QED) is 0.358. The van der Waals surface area contributed by atoms with Gasteiger partial charge in [-0.2, -0.15) is 8.42 Å². The summed E-state index contributed by atoms with van der Waals surface area (Å²) in [6, 6.07) is 0. The molecule has 0 spiro atoms. The summed E-state index contributed by atoms with van der Waals surface area (Å²) in [4.78, 5) is 0. The molecule has 0 rings (SSSR count). The van der Waals surface area contributed by atoms with E-state index < -0.39 is 10.1 Å². The molecule has 0 aliphatic rings. The van der Waals surface area contributed by atoms with Crippen molar-refractivity contribution in [3.63, 3.8) is 0 Å². The summed E-state index contributed by atoms with van der Waals surface area (Å²) >= 11 is 0. The topological polar surface area (TPSA) is 54.4 Å².